The molecule has 1 unspecified atom stereocenters. The van der Waals surface area contributed by atoms with Gasteiger partial charge in [0.1, 0.15) is 0 Å². The summed E-state index contributed by atoms with van der Waals surface area (Å²) in [6, 6.07) is 6.25. The lowest BCUT2D eigenvalue weighted by atomic mass is 10.0. The van der Waals surface area contributed by atoms with Crippen molar-refractivity contribution in [1.29, 1.82) is 0 Å². The van der Waals surface area contributed by atoms with Crippen molar-refractivity contribution in [3.05, 3.63) is 64.1 Å². The summed E-state index contributed by atoms with van der Waals surface area (Å²) in [6.45, 7) is 4.27. The third-order valence-corrected chi connectivity index (χ3v) is 5.41. The molecule has 31 heavy (non-hydrogen) atoms. The molecule has 0 saturated carbocycles. The number of halogens is 4. The second-order valence-corrected chi connectivity index (χ2v) is 7.31. The summed E-state index contributed by atoms with van der Waals surface area (Å²) in [6.07, 6.45) is -2.68. The zero-order chi connectivity index (χ0) is 22.8. The number of pyridine rings is 1. The lowest BCUT2D eigenvalue weighted by Crippen LogP contribution is -2.46. The van der Waals surface area contributed by atoms with Gasteiger partial charge in [-0.1, -0.05) is 17.7 Å². The van der Waals surface area contributed by atoms with Gasteiger partial charge in [-0.2, -0.15) is 13.2 Å². The van der Waals surface area contributed by atoms with Gasteiger partial charge in [-0.15, -0.1) is 0 Å². The van der Waals surface area contributed by atoms with Crippen LogP contribution in [-0.4, -0.2) is 35.0 Å². The van der Waals surface area contributed by atoms with Crippen molar-refractivity contribution < 1.29 is 22.7 Å². The number of carbonyl (C=O) groups is 1. The Labute approximate surface area is 182 Å². The van der Waals surface area contributed by atoms with E-state index in [1.807, 2.05) is 6.92 Å². The number of hydrogen-bond donors (Lipinski definition) is 2. The Balaban J connectivity index is 1.85. The number of amides is 1. The maximum absolute atomic E-state index is 13.2. The predicted octanol–water partition coefficient (Wildman–Crippen LogP) is 4.67. The molecular weight excluding hydrogens is 433 g/mol. The summed E-state index contributed by atoms with van der Waals surface area (Å²) in [5, 5.41) is 2.54. The highest BCUT2D eigenvalue weighted by Crippen LogP contribution is 2.37. The molecule has 3 N–H and O–H groups in total. The number of nitrogens with one attached hydrogen (secondary N) is 1. The topological polar surface area (TPSA) is 80.5 Å². The van der Waals surface area contributed by atoms with E-state index in [4.69, 9.17) is 22.1 Å². The van der Waals surface area contributed by atoms with Crippen LogP contribution in [-0.2, 0) is 6.18 Å². The van der Waals surface area contributed by atoms with Gasteiger partial charge in [-0.25, -0.2) is 4.98 Å². The first kappa shape index (κ1) is 22.7. The molecule has 6 nitrogen and oxygen atoms in total. The third kappa shape index (κ3) is 4.71. The molecule has 1 amide bonds. The molecule has 1 aliphatic heterocycles. The number of nitrogens with zero attached hydrogens (tertiary/aromatic N) is 2. The molecule has 0 bridgehead atoms. The Kier molecular flexibility index (Phi) is 6.64. The lowest BCUT2D eigenvalue weighted by molar-refractivity contribution is -0.137. The second kappa shape index (κ2) is 9.05. The second-order valence-electron chi connectivity index (χ2n) is 6.93. The van der Waals surface area contributed by atoms with Crippen molar-refractivity contribution in [1.82, 2.24) is 9.88 Å². The number of ether oxygens (including phenoxy) is 1. The van der Waals surface area contributed by atoms with Crippen LogP contribution in [0.1, 0.15) is 36.2 Å². The zero-order valence-electron chi connectivity index (χ0n) is 17.0. The average Bonchev–Trinajstić information content (AvgIpc) is 2.72. The number of nitrogens with two attached hydrogens (primary N) is 1. The van der Waals surface area contributed by atoms with Crippen molar-refractivity contribution in [3.8, 4) is 5.75 Å². The van der Waals surface area contributed by atoms with Crippen LogP contribution >= 0.6 is 11.6 Å². The molecule has 2 aromatic rings. The zero-order valence-corrected chi connectivity index (χ0v) is 17.7. The first-order valence-corrected chi connectivity index (χ1v) is 10.0. The molecule has 0 spiro atoms. The van der Waals surface area contributed by atoms with E-state index < -0.39 is 28.7 Å². The van der Waals surface area contributed by atoms with Gasteiger partial charge >= 0.3 is 6.18 Å². The Morgan fingerprint density at radius 2 is 2.10 bits per heavy atom. The van der Waals surface area contributed by atoms with E-state index in [9.17, 15) is 18.0 Å². The fraction of sp³-hybridized carbons (Fsp3) is 0.333. The maximum Gasteiger partial charge on any atom is 0.417 e. The summed E-state index contributed by atoms with van der Waals surface area (Å²) in [5.74, 6) is 0.445. The van der Waals surface area contributed by atoms with Crippen LogP contribution in [0.5, 0.6) is 5.75 Å². The van der Waals surface area contributed by atoms with Crippen molar-refractivity contribution in [2.75, 3.05) is 18.5 Å². The highest BCUT2D eigenvalue weighted by molar-refractivity contribution is 6.34. The van der Waals surface area contributed by atoms with Crippen LogP contribution in [0, 0.1) is 0 Å². The highest BCUT2D eigenvalue weighted by atomic mass is 35.5. The number of aromatic nitrogens is 1. The van der Waals surface area contributed by atoms with Gasteiger partial charge in [-0.05, 0) is 38.1 Å². The molecule has 1 aromatic carbocycles. The minimum Gasteiger partial charge on any atom is -0.490 e. The predicted molar refractivity (Wildman–Crippen MR) is 112 cm³/mol. The van der Waals surface area contributed by atoms with E-state index in [-0.39, 0.29) is 12.1 Å². The van der Waals surface area contributed by atoms with Crippen LogP contribution in [0.4, 0.5) is 19.0 Å². The third-order valence-electron chi connectivity index (χ3n) is 5.00. The fourth-order valence-corrected chi connectivity index (χ4v) is 3.69. The molecule has 2 heterocycles. The normalized spacial score (nSPS) is 17.0. The molecule has 0 aliphatic carbocycles. The van der Waals surface area contributed by atoms with Crippen molar-refractivity contribution >= 4 is 23.3 Å². The molecule has 166 valence electrons. The van der Waals surface area contributed by atoms with Crippen molar-refractivity contribution in [2.45, 2.75) is 32.5 Å². The number of alkyl halides is 3. The van der Waals surface area contributed by atoms with Gasteiger partial charge in [0.15, 0.2) is 11.6 Å². The van der Waals surface area contributed by atoms with Gasteiger partial charge in [0.25, 0.3) is 5.91 Å². The largest absolute Gasteiger partial charge is 0.490 e. The Hall–Kier alpha value is -2.94. The standard InChI is InChI=1S/C21H22ClF3N4O2/c1-3-31-16-8-5-10-27-19(16)28-15-9-11-29(12(2)18(15)26)20(30)13-6-4-7-14(17(13)22)21(23,24)25/h4-8,10,12H,3,9,11,26H2,1-2H3,(H,27,28). The van der Waals surface area contributed by atoms with Gasteiger partial charge in [-0.3, -0.25) is 4.79 Å². The van der Waals surface area contributed by atoms with E-state index >= 15 is 0 Å². The number of benzene rings is 1. The molecular formula is C21H22ClF3N4O2. The van der Waals surface area contributed by atoms with E-state index in [1.54, 1.807) is 25.3 Å². The van der Waals surface area contributed by atoms with Gasteiger partial charge in [0.2, 0.25) is 0 Å². The minimum absolute atomic E-state index is 0.212. The van der Waals surface area contributed by atoms with Gasteiger partial charge in [0.05, 0.1) is 34.5 Å². The number of rotatable bonds is 5. The number of hydrogen-bond acceptors (Lipinski definition) is 5. The number of carbonyl (C=O) groups excluding carboxylic acids is 1. The SMILES string of the molecule is CCOc1cccnc1NC1=C(N)C(C)N(C(=O)c2cccc(C(F)(F)F)c2Cl)CC1. The maximum atomic E-state index is 13.2. The molecule has 0 radical (unpaired) electrons. The monoisotopic (exact) mass is 454 g/mol. The molecule has 0 fully saturated rings. The molecule has 3 rings (SSSR count). The van der Waals surface area contributed by atoms with Crippen molar-refractivity contribution in [3.63, 3.8) is 0 Å². The van der Waals surface area contributed by atoms with Crippen LogP contribution < -0.4 is 15.8 Å². The quantitative estimate of drug-likeness (QED) is 0.686. The smallest absolute Gasteiger partial charge is 0.417 e. The Morgan fingerprint density at radius 3 is 2.77 bits per heavy atom. The summed E-state index contributed by atoms with van der Waals surface area (Å²) in [4.78, 5) is 18.7. The van der Waals surface area contributed by atoms with E-state index in [2.05, 4.69) is 10.3 Å². The fourth-order valence-electron chi connectivity index (χ4n) is 3.37. The molecule has 1 aliphatic rings. The van der Waals surface area contributed by atoms with Crippen LogP contribution in [0.25, 0.3) is 0 Å². The Bertz CT molecular complexity index is 1010. The minimum atomic E-state index is -4.65. The Morgan fingerprint density at radius 1 is 1.35 bits per heavy atom. The molecule has 1 atom stereocenters. The van der Waals surface area contributed by atoms with Crippen molar-refractivity contribution in [2.24, 2.45) is 5.73 Å². The van der Waals surface area contributed by atoms with E-state index in [0.29, 0.717) is 36.0 Å². The average molecular weight is 455 g/mol. The van der Waals surface area contributed by atoms with E-state index in [0.717, 1.165) is 6.07 Å². The van der Waals surface area contributed by atoms with Crippen LogP contribution in [0.15, 0.2) is 47.9 Å². The van der Waals surface area contributed by atoms with Crippen LogP contribution in [0.2, 0.25) is 5.02 Å². The summed E-state index contributed by atoms with van der Waals surface area (Å²) < 4.78 is 45.0. The summed E-state index contributed by atoms with van der Waals surface area (Å²) in [7, 11) is 0. The first-order valence-electron chi connectivity index (χ1n) is 9.65. The molecule has 10 heteroatoms. The van der Waals surface area contributed by atoms with E-state index in [1.165, 1.54) is 17.0 Å². The number of anilines is 1. The molecule has 1 aromatic heterocycles. The van der Waals surface area contributed by atoms with Crippen LogP contribution in [0.3, 0.4) is 0 Å². The lowest BCUT2D eigenvalue weighted by Gasteiger charge is -2.36. The summed E-state index contributed by atoms with van der Waals surface area (Å²) >= 11 is 5.93. The summed E-state index contributed by atoms with van der Waals surface area (Å²) in [5.41, 5.74) is 6.08. The first-order chi connectivity index (χ1) is 14.6. The molecule has 0 saturated heterocycles. The van der Waals surface area contributed by atoms with Gasteiger partial charge < -0.3 is 20.7 Å². The highest BCUT2D eigenvalue weighted by Gasteiger charge is 2.36. The van der Waals surface area contributed by atoms with Gasteiger partial charge in [0, 0.05) is 24.9 Å².